The van der Waals surface area contributed by atoms with Crippen LogP contribution in [-0.4, -0.2) is 34.4 Å². The predicted molar refractivity (Wildman–Crippen MR) is 70.2 cm³/mol. The van der Waals surface area contributed by atoms with Crippen molar-refractivity contribution in [2.24, 2.45) is 0 Å². The van der Waals surface area contributed by atoms with Crippen molar-refractivity contribution in [2.45, 2.75) is 18.7 Å². The number of carbonyl (C=O) groups is 1. The lowest BCUT2D eigenvalue weighted by atomic mass is 10.2. The number of carbonyl (C=O) groups excluding carboxylic acids is 1. The normalized spacial score (nSPS) is 12.2. The number of aryl methyl sites for hydroxylation is 1. The van der Waals surface area contributed by atoms with Crippen molar-refractivity contribution in [1.82, 2.24) is 4.90 Å². The zero-order valence-electron chi connectivity index (χ0n) is 10.4. The Balaban J connectivity index is 2.83. The average Bonchev–Trinajstić information content (AvgIpc) is 2.30. The summed E-state index contributed by atoms with van der Waals surface area (Å²) < 4.78 is 12.0. The number of rotatable bonds is 4. The maximum atomic E-state index is 12.0. The highest BCUT2D eigenvalue weighted by molar-refractivity contribution is 7.86. The van der Waals surface area contributed by atoms with Gasteiger partial charge in [-0.05, 0) is 31.5 Å². The molecule has 0 spiro atoms. The van der Waals surface area contributed by atoms with Gasteiger partial charge in [0.1, 0.15) is 5.75 Å². The van der Waals surface area contributed by atoms with Gasteiger partial charge in [0, 0.05) is 19.3 Å². The standard InChI is InChI=1S/C12H18N2O2S/c1-4-14(3)12(15)8-17(16)11-7-9(2)5-6-10(11)13/h5-7H,4,8,13H2,1-3H3. The minimum atomic E-state index is -1.37. The lowest BCUT2D eigenvalue weighted by Crippen LogP contribution is -2.30. The van der Waals surface area contributed by atoms with Crippen LogP contribution in [0.15, 0.2) is 23.1 Å². The fourth-order valence-electron chi connectivity index (χ4n) is 1.32. The highest BCUT2D eigenvalue weighted by atomic mass is 32.2. The van der Waals surface area contributed by atoms with E-state index >= 15 is 0 Å². The van der Waals surface area contributed by atoms with Crippen molar-refractivity contribution in [1.29, 1.82) is 0 Å². The third-order valence-electron chi connectivity index (χ3n) is 2.57. The SMILES string of the molecule is CCN(C)C(=O)CS(=O)c1cc(C)ccc1N. The molecule has 0 aliphatic rings. The Hall–Kier alpha value is -1.36. The van der Waals surface area contributed by atoms with Crippen LogP contribution in [0.25, 0.3) is 0 Å². The van der Waals surface area contributed by atoms with Crippen molar-refractivity contribution in [3.63, 3.8) is 0 Å². The van der Waals surface area contributed by atoms with E-state index in [-0.39, 0.29) is 11.7 Å². The molecule has 2 N–H and O–H groups in total. The second-order valence-corrected chi connectivity index (χ2v) is 5.36. The van der Waals surface area contributed by atoms with Crippen molar-refractivity contribution < 1.29 is 9.00 Å². The van der Waals surface area contributed by atoms with Crippen LogP contribution in [0.4, 0.5) is 5.69 Å². The first kappa shape index (κ1) is 13.7. The minimum Gasteiger partial charge on any atom is -0.398 e. The largest absolute Gasteiger partial charge is 0.398 e. The second kappa shape index (κ2) is 5.82. The van der Waals surface area contributed by atoms with Gasteiger partial charge in [0.25, 0.3) is 0 Å². The van der Waals surface area contributed by atoms with Gasteiger partial charge in [0.2, 0.25) is 5.91 Å². The molecule has 1 rings (SSSR count). The molecule has 1 aromatic carbocycles. The van der Waals surface area contributed by atoms with Gasteiger partial charge in [-0.15, -0.1) is 0 Å². The van der Waals surface area contributed by atoms with E-state index in [1.54, 1.807) is 24.1 Å². The summed E-state index contributed by atoms with van der Waals surface area (Å²) in [7, 11) is 0.320. The summed E-state index contributed by atoms with van der Waals surface area (Å²) in [4.78, 5) is 13.7. The number of nitrogen functional groups attached to an aromatic ring is 1. The molecule has 4 nitrogen and oxygen atoms in total. The number of nitrogens with zero attached hydrogens (tertiary/aromatic N) is 1. The molecule has 94 valence electrons. The quantitative estimate of drug-likeness (QED) is 0.820. The molecule has 0 heterocycles. The Bertz CT molecular complexity index is 446. The first-order chi connectivity index (χ1) is 7.95. The van der Waals surface area contributed by atoms with Gasteiger partial charge in [-0.1, -0.05) is 6.07 Å². The maximum Gasteiger partial charge on any atom is 0.235 e. The summed E-state index contributed by atoms with van der Waals surface area (Å²) in [6.45, 7) is 4.39. The van der Waals surface area contributed by atoms with Crippen molar-refractivity contribution in [3.05, 3.63) is 23.8 Å². The van der Waals surface area contributed by atoms with E-state index in [0.717, 1.165) is 5.56 Å². The van der Waals surface area contributed by atoms with E-state index in [1.165, 1.54) is 0 Å². The van der Waals surface area contributed by atoms with E-state index in [9.17, 15) is 9.00 Å². The molecular weight excluding hydrogens is 236 g/mol. The Morgan fingerprint density at radius 1 is 1.47 bits per heavy atom. The molecule has 0 fully saturated rings. The average molecular weight is 254 g/mol. The molecule has 0 bridgehead atoms. The van der Waals surface area contributed by atoms with E-state index in [0.29, 0.717) is 17.1 Å². The van der Waals surface area contributed by atoms with E-state index in [2.05, 4.69) is 0 Å². The smallest absolute Gasteiger partial charge is 0.235 e. The molecule has 0 aliphatic heterocycles. The molecule has 0 aromatic heterocycles. The monoisotopic (exact) mass is 254 g/mol. The highest BCUT2D eigenvalue weighted by Crippen LogP contribution is 2.18. The van der Waals surface area contributed by atoms with Gasteiger partial charge in [0.05, 0.1) is 15.7 Å². The summed E-state index contributed by atoms with van der Waals surface area (Å²) in [5.41, 5.74) is 7.21. The lowest BCUT2D eigenvalue weighted by molar-refractivity contribution is -0.126. The van der Waals surface area contributed by atoms with Crippen LogP contribution in [0, 0.1) is 6.92 Å². The summed E-state index contributed by atoms with van der Waals surface area (Å²) >= 11 is 0. The molecule has 1 atom stereocenters. The van der Waals surface area contributed by atoms with Gasteiger partial charge in [-0.25, -0.2) is 0 Å². The Kier molecular flexibility index (Phi) is 4.69. The number of hydrogen-bond donors (Lipinski definition) is 1. The Labute approximate surface area is 104 Å². The van der Waals surface area contributed by atoms with E-state index in [1.807, 2.05) is 19.9 Å². The number of benzene rings is 1. The third-order valence-corrected chi connectivity index (χ3v) is 3.92. The lowest BCUT2D eigenvalue weighted by Gasteiger charge is -2.14. The number of nitrogens with two attached hydrogens (primary N) is 1. The van der Waals surface area contributed by atoms with Crippen LogP contribution in [0.2, 0.25) is 0 Å². The summed E-state index contributed by atoms with van der Waals surface area (Å²) in [5, 5.41) is 0. The summed E-state index contributed by atoms with van der Waals surface area (Å²) in [6, 6.07) is 5.34. The van der Waals surface area contributed by atoms with E-state index in [4.69, 9.17) is 5.73 Å². The van der Waals surface area contributed by atoms with Gasteiger partial charge in [0.15, 0.2) is 0 Å². The van der Waals surface area contributed by atoms with Gasteiger partial charge >= 0.3 is 0 Å². The van der Waals surface area contributed by atoms with Crippen LogP contribution < -0.4 is 5.73 Å². The van der Waals surface area contributed by atoms with Crippen LogP contribution in [0.5, 0.6) is 0 Å². The topological polar surface area (TPSA) is 63.4 Å². The number of hydrogen-bond acceptors (Lipinski definition) is 3. The summed E-state index contributed by atoms with van der Waals surface area (Å²) in [5.74, 6) is -0.149. The van der Waals surface area contributed by atoms with Crippen LogP contribution in [0.3, 0.4) is 0 Å². The highest BCUT2D eigenvalue weighted by Gasteiger charge is 2.15. The third kappa shape index (κ3) is 3.56. The maximum absolute atomic E-state index is 12.0. The zero-order chi connectivity index (χ0) is 13.0. The Morgan fingerprint density at radius 3 is 2.71 bits per heavy atom. The van der Waals surface area contributed by atoms with Crippen molar-refractivity contribution in [2.75, 3.05) is 25.1 Å². The zero-order valence-corrected chi connectivity index (χ0v) is 11.2. The molecule has 0 radical (unpaired) electrons. The molecule has 5 heteroatoms. The molecule has 0 saturated carbocycles. The van der Waals surface area contributed by atoms with E-state index < -0.39 is 10.8 Å². The van der Waals surface area contributed by atoms with Crippen LogP contribution >= 0.6 is 0 Å². The second-order valence-electron chi connectivity index (χ2n) is 3.94. The van der Waals surface area contributed by atoms with Gasteiger partial charge in [-0.3, -0.25) is 9.00 Å². The number of amides is 1. The van der Waals surface area contributed by atoms with Crippen LogP contribution in [-0.2, 0) is 15.6 Å². The Morgan fingerprint density at radius 2 is 2.12 bits per heavy atom. The molecule has 1 amide bonds. The molecule has 1 aromatic rings. The fourth-order valence-corrected chi connectivity index (χ4v) is 2.56. The first-order valence-electron chi connectivity index (χ1n) is 5.44. The first-order valence-corrected chi connectivity index (χ1v) is 6.76. The van der Waals surface area contributed by atoms with Crippen molar-refractivity contribution >= 4 is 22.4 Å². The fraction of sp³-hybridized carbons (Fsp3) is 0.417. The van der Waals surface area contributed by atoms with Gasteiger partial charge < -0.3 is 10.6 Å². The number of anilines is 1. The molecular formula is C12H18N2O2S. The summed E-state index contributed by atoms with van der Waals surface area (Å²) in [6.07, 6.45) is 0. The van der Waals surface area contributed by atoms with Crippen LogP contribution in [0.1, 0.15) is 12.5 Å². The van der Waals surface area contributed by atoms with Crippen molar-refractivity contribution in [3.8, 4) is 0 Å². The molecule has 0 saturated heterocycles. The van der Waals surface area contributed by atoms with Gasteiger partial charge in [-0.2, -0.15) is 0 Å². The predicted octanol–water partition coefficient (Wildman–Crippen LogP) is 1.16. The molecule has 17 heavy (non-hydrogen) atoms. The molecule has 1 unspecified atom stereocenters. The molecule has 0 aliphatic carbocycles. The minimum absolute atomic E-state index is 0.0159.